The number of thiophene rings is 1. The molecule has 6 nitrogen and oxygen atoms in total. The molecule has 0 saturated carbocycles. The number of aryl methyl sites for hydroxylation is 1. The minimum Gasteiger partial charge on any atom is -0.494 e. The number of halogens is 2. The van der Waals surface area contributed by atoms with E-state index in [2.05, 4.69) is 0 Å². The number of rotatable bonds is 8. The Balaban J connectivity index is 1.78. The van der Waals surface area contributed by atoms with E-state index in [1.165, 1.54) is 10.2 Å². The third kappa shape index (κ3) is 4.99. The molecule has 1 N–H and O–H groups in total. The highest BCUT2D eigenvalue weighted by Gasteiger charge is 2.25. The maximum absolute atomic E-state index is 13.6. The zero-order valence-electron chi connectivity index (χ0n) is 17.6. The van der Waals surface area contributed by atoms with E-state index in [4.69, 9.17) is 33.0 Å². The van der Waals surface area contributed by atoms with Crippen LogP contribution in [0.1, 0.15) is 30.2 Å². The maximum atomic E-state index is 13.6. The molecule has 33 heavy (non-hydrogen) atoms. The normalized spacial score (nSPS) is 16.5. The predicted octanol–water partition coefficient (Wildman–Crippen LogP) is 5.87. The summed E-state index contributed by atoms with van der Waals surface area (Å²) in [5.74, 6) is -0.355. The molecule has 1 atom stereocenters. The van der Waals surface area contributed by atoms with Crippen molar-refractivity contribution in [1.82, 2.24) is 3.97 Å². The van der Waals surface area contributed by atoms with E-state index in [-0.39, 0.29) is 22.4 Å². The minimum atomic E-state index is -3.92. The Morgan fingerprint density at radius 1 is 1.30 bits per heavy atom. The van der Waals surface area contributed by atoms with Crippen LogP contribution in [0.3, 0.4) is 0 Å². The Kier molecular flexibility index (Phi) is 6.91. The number of alkyl halides is 1. The Hall–Kier alpha value is -2.26. The number of hydrogen-bond acceptors (Lipinski definition) is 5. The molecular weight excluding hydrogens is 505 g/mol. The first-order chi connectivity index (χ1) is 15.7. The number of allylic oxidation sites excluding steroid dienone is 4. The van der Waals surface area contributed by atoms with Crippen LogP contribution in [-0.4, -0.2) is 35.5 Å². The van der Waals surface area contributed by atoms with E-state index in [0.717, 1.165) is 21.8 Å². The van der Waals surface area contributed by atoms with Crippen LogP contribution in [0.2, 0.25) is 0 Å². The van der Waals surface area contributed by atoms with Crippen LogP contribution in [0, 0.1) is 0 Å². The molecule has 0 aliphatic heterocycles. The molecule has 1 unspecified atom stereocenters. The summed E-state index contributed by atoms with van der Waals surface area (Å²) in [5, 5.41) is 10.1. The second-order valence-electron chi connectivity index (χ2n) is 7.51. The van der Waals surface area contributed by atoms with Gasteiger partial charge in [-0.15, -0.1) is 22.9 Å². The van der Waals surface area contributed by atoms with Crippen molar-refractivity contribution in [3.63, 3.8) is 0 Å². The van der Waals surface area contributed by atoms with Gasteiger partial charge in [-0.1, -0.05) is 17.7 Å². The maximum Gasteiger partial charge on any atom is 0.303 e. The van der Waals surface area contributed by atoms with Crippen molar-refractivity contribution in [3.05, 3.63) is 64.2 Å². The summed E-state index contributed by atoms with van der Waals surface area (Å²) in [5.41, 5.74) is 1.89. The molecule has 0 radical (unpaired) electrons. The first-order valence-corrected chi connectivity index (χ1v) is 13.3. The van der Waals surface area contributed by atoms with Crippen molar-refractivity contribution < 1.29 is 23.1 Å². The molecule has 4 rings (SSSR count). The van der Waals surface area contributed by atoms with Crippen LogP contribution >= 0.6 is 34.5 Å². The van der Waals surface area contributed by atoms with Gasteiger partial charge >= 0.3 is 5.97 Å². The summed E-state index contributed by atoms with van der Waals surface area (Å²) in [6.45, 7) is 2.32. The van der Waals surface area contributed by atoms with Crippen molar-refractivity contribution in [2.75, 3.05) is 6.61 Å². The number of carboxylic acid groups (broad SMARTS) is 1. The highest BCUT2D eigenvalue weighted by molar-refractivity contribution is 7.92. The van der Waals surface area contributed by atoms with E-state index in [1.807, 2.05) is 13.0 Å². The molecule has 0 spiro atoms. The topological polar surface area (TPSA) is 85.6 Å². The Bertz CT molecular complexity index is 1380. The third-order valence-electron chi connectivity index (χ3n) is 5.19. The van der Waals surface area contributed by atoms with Crippen LogP contribution in [0.25, 0.3) is 16.5 Å². The Morgan fingerprint density at radius 2 is 2.09 bits per heavy atom. The van der Waals surface area contributed by atoms with E-state index >= 15 is 0 Å². The van der Waals surface area contributed by atoms with Gasteiger partial charge < -0.3 is 9.84 Å². The van der Waals surface area contributed by atoms with Crippen LogP contribution in [0.15, 0.2) is 57.9 Å². The molecule has 0 bridgehead atoms. The molecule has 0 fully saturated rings. The monoisotopic (exact) mass is 525 g/mol. The molecule has 10 heteroatoms. The van der Waals surface area contributed by atoms with E-state index in [9.17, 15) is 13.2 Å². The Labute approximate surface area is 205 Å². The van der Waals surface area contributed by atoms with E-state index in [0.29, 0.717) is 40.3 Å². The van der Waals surface area contributed by atoms with Gasteiger partial charge in [0.25, 0.3) is 10.0 Å². The standard InChI is InChI=1S/C23H21Cl2NO5S2/c1-2-31-18-4-5-20-19(12-18)14(3-7-22(27)28)13-26(20)33(29,30)23-8-6-21(32-23)15-9-16(24)11-17(25)10-15/h4-6,8-10,12-13,16H,2-3,7,11H2,1H3,(H,27,28). The summed E-state index contributed by atoms with van der Waals surface area (Å²) in [7, 11) is -3.92. The van der Waals surface area contributed by atoms with Gasteiger partial charge in [0.1, 0.15) is 9.96 Å². The quantitative estimate of drug-likeness (QED) is 0.371. The lowest BCUT2D eigenvalue weighted by atomic mass is 10.1. The fourth-order valence-electron chi connectivity index (χ4n) is 3.72. The summed E-state index contributed by atoms with van der Waals surface area (Å²) < 4.78 is 34.1. The van der Waals surface area contributed by atoms with Crippen LogP contribution in [0.4, 0.5) is 0 Å². The summed E-state index contributed by atoms with van der Waals surface area (Å²) in [6, 6.07) is 8.44. The lowest BCUT2D eigenvalue weighted by Crippen LogP contribution is -2.10. The van der Waals surface area contributed by atoms with Gasteiger partial charge in [-0.05, 0) is 60.9 Å². The predicted molar refractivity (Wildman–Crippen MR) is 132 cm³/mol. The van der Waals surface area contributed by atoms with Crippen molar-refractivity contribution in [1.29, 1.82) is 0 Å². The zero-order valence-corrected chi connectivity index (χ0v) is 20.8. The summed E-state index contributed by atoms with van der Waals surface area (Å²) >= 11 is 13.5. The molecule has 3 aromatic rings. The fourth-order valence-corrected chi connectivity index (χ4v) is 7.17. The third-order valence-corrected chi connectivity index (χ3v) is 9.00. The van der Waals surface area contributed by atoms with Gasteiger partial charge in [-0.25, -0.2) is 3.97 Å². The molecular formula is C23H21Cl2NO5S2. The van der Waals surface area contributed by atoms with Crippen molar-refractivity contribution >= 4 is 67.0 Å². The number of carbonyl (C=O) groups is 1. The molecule has 2 aromatic heterocycles. The molecule has 1 aliphatic rings. The number of carboxylic acids is 1. The molecule has 2 heterocycles. The largest absolute Gasteiger partial charge is 0.494 e. The lowest BCUT2D eigenvalue weighted by Gasteiger charge is -2.12. The van der Waals surface area contributed by atoms with Crippen molar-refractivity contribution in [2.24, 2.45) is 0 Å². The highest BCUT2D eigenvalue weighted by Crippen LogP contribution is 2.36. The number of hydrogen-bond donors (Lipinski definition) is 1. The van der Waals surface area contributed by atoms with E-state index < -0.39 is 16.0 Å². The van der Waals surface area contributed by atoms with Gasteiger partial charge in [0, 0.05) is 34.3 Å². The summed E-state index contributed by atoms with van der Waals surface area (Å²) in [4.78, 5) is 11.9. The first-order valence-electron chi connectivity index (χ1n) is 10.3. The van der Waals surface area contributed by atoms with Crippen LogP contribution in [-0.2, 0) is 21.2 Å². The van der Waals surface area contributed by atoms with Crippen molar-refractivity contribution in [2.45, 2.75) is 35.8 Å². The van der Waals surface area contributed by atoms with Crippen molar-refractivity contribution in [3.8, 4) is 5.75 Å². The first kappa shape index (κ1) is 23.9. The second kappa shape index (κ2) is 9.54. The van der Waals surface area contributed by atoms with E-state index in [1.54, 1.807) is 36.4 Å². The zero-order chi connectivity index (χ0) is 23.8. The Morgan fingerprint density at radius 3 is 2.79 bits per heavy atom. The summed E-state index contributed by atoms with van der Waals surface area (Å²) in [6.07, 6.45) is 5.80. The van der Waals surface area contributed by atoms with Gasteiger partial charge in [-0.2, -0.15) is 8.42 Å². The van der Waals surface area contributed by atoms with Gasteiger partial charge in [0.2, 0.25) is 0 Å². The van der Waals surface area contributed by atoms with Gasteiger partial charge in [-0.3, -0.25) is 4.79 Å². The minimum absolute atomic E-state index is 0.109. The fraction of sp³-hybridized carbons (Fsp3) is 0.261. The van der Waals surface area contributed by atoms with Gasteiger partial charge in [0.15, 0.2) is 0 Å². The molecule has 0 saturated heterocycles. The molecule has 174 valence electrons. The average molecular weight is 526 g/mol. The van der Waals surface area contributed by atoms with Gasteiger partial charge in [0.05, 0.1) is 17.5 Å². The molecule has 1 aromatic carbocycles. The number of aromatic nitrogens is 1. The number of fused-ring (bicyclic) bond motifs is 1. The second-order valence-corrected chi connectivity index (χ2v) is 11.7. The molecule has 0 amide bonds. The lowest BCUT2D eigenvalue weighted by molar-refractivity contribution is -0.136. The smallest absolute Gasteiger partial charge is 0.303 e. The average Bonchev–Trinajstić information content (AvgIpc) is 3.38. The highest BCUT2D eigenvalue weighted by atomic mass is 35.5. The number of ether oxygens (including phenoxy) is 1. The SMILES string of the molecule is CCOc1ccc2c(c1)c(CCC(=O)O)cn2S(=O)(=O)c1ccc(C2=CC(Cl)CC(Cl)=C2)s1. The molecule has 1 aliphatic carbocycles. The van der Waals surface area contributed by atoms with Crippen LogP contribution < -0.4 is 4.74 Å². The number of benzene rings is 1. The van der Waals surface area contributed by atoms with Crippen LogP contribution in [0.5, 0.6) is 5.75 Å². The number of aliphatic carboxylic acids is 1. The number of nitrogens with zero attached hydrogens (tertiary/aromatic N) is 1.